The molecule has 7 heteroatoms. The van der Waals surface area contributed by atoms with E-state index in [1.54, 1.807) is 12.1 Å². The molecule has 1 spiro atoms. The average Bonchev–Trinajstić information content (AvgIpc) is 3.54. The van der Waals surface area contributed by atoms with Gasteiger partial charge in [-0.3, -0.25) is 9.69 Å². The van der Waals surface area contributed by atoms with E-state index in [0.29, 0.717) is 12.5 Å². The smallest absolute Gasteiger partial charge is 0.368 e. The van der Waals surface area contributed by atoms with Crippen LogP contribution in [0, 0.1) is 11.3 Å². The predicted octanol–water partition coefficient (Wildman–Crippen LogP) is 4.66. The lowest BCUT2D eigenvalue weighted by Crippen LogP contribution is -2.50. The molecule has 4 nitrogen and oxygen atoms in total. The van der Waals surface area contributed by atoms with Gasteiger partial charge < -0.3 is 9.80 Å². The monoisotopic (exact) mass is 457 g/mol. The summed E-state index contributed by atoms with van der Waals surface area (Å²) in [4.78, 5) is 19.9. The van der Waals surface area contributed by atoms with E-state index in [1.807, 2.05) is 23.1 Å². The average molecular weight is 458 g/mol. The van der Waals surface area contributed by atoms with Crippen molar-refractivity contribution < 1.29 is 18.0 Å². The van der Waals surface area contributed by atoms with Gasteiger partial charge in [0.1, 0.15) is 0 Å². The van der Waals surface area contributed by atoms with Crippen LogP contribution >= 0.6 is 0 Å². The second kappa shape index (κ2) is 8.67. The van der Waals surface area contributed by atoms with E-state index in [2.05, 4.69) is 21.9 Å². The quantitative estimate of drug-likeness (QED) is 0.669. The Bertz CT molecular complexity index is 961. The van der Waals surface area contributed by atoms with Crippen LogP contribution in [-0.2, 0) is 17.5 Å². The van der Waals surface area contributed by atoms with E-state index in [9.17, 15) is 18.0 Å². The van der Waals surface area contributed by atoms with Gasteiger partial charge in [-0.25, -0.2) is 0 Å². The highest BCUT2D eigenvalue weighted by Gasteiger charge is 2.59. The molecule has 1 saturated carbocycles. The van der Waals surface area contributed by atoms with Gasteiger partial charge >= 0.3 is 6.18 Å². The molecule has 0 aromatic heterocycles. The van der Waals surface area contributed by atoms with Gasteiger partial charge in [-0.15, -0.1) is 0 Å². The first-order valence-electron chi connectivity index (χ1n) is 11.8. The van der Waals surface area contributed by atoms with Crippen molar-refractivity contribution in [2.45, 2.75) is 32.0 Å². The van der Waals surface area contributed by atoms with E-state index in [4.69, 9.17) is 0 Å². The first-order chi connectivity index (χ1) is 15.8. The van der Waals surface area contributed by atoms with Crippen LogP contribution in [0.25, 0.3) is 0 Å². The zero-order valence-electron chi connectivity index (χ0n) is 18.7. The maximum absolute atomic E-state index is 13.2. The first-order valence-corrected chi connectivity index (χ1v) is 11.8. The molecule has 2 heterocycles. The molecule has 0 radical (unpaired) electrons. The fourth-order valence-electron chi connectivity index (χ4n) is 5.51. The van der Waals surface area contributed by atoms with Gasteiger partial charge in [0.25, 0.3) is 0 Å². The lowest BCUT2D eigenvalue weighted by atomic mass is 9.90. The molecular weight excluding hydrogens is 427 g/mol. The molecule has 33 heavy (non-hydrogen) atoms. The Kier molecular flexibility index (Phi) is 5.85. The topological polar surface area (TPSA) is 26.8 Å². The van der Waals surface area contributed by atoms with Crippen molar-refractivity contribution in [3.8, 4) is 0 Å². The highest BCUT2D eigenvalue weighted by atomic mass is 19.4. The van der Waals surface area contributed by atoms with Crippen LogP contribution in [0.1, 0.15) is 30.4 Å². The van der Waals surface area contributed by atoms with Crippen molar-refractivity contribution in [1.82, 2.24) is 9.80 Å². The Balaban J connectivity index is 1.09. The van der Waals surface area contributed by atoms with E-state index < -0.39 is 11.7 Å². The summed E-state index contributed by atoms with van der Waals surface area (Å²) in [5.41, 5.74) is 1.66. The van der Waals surface area contributed by atoms with E-state index in [1.165, 1.54) is 5.69 Å². The molecule has 0 N–H and O–H groups in total. The number of likely N-dealkylation sites (tertiary alicyclic amines) is 1. The van der Waals surface area contributed by atoms with Gasteiger partial charge in [-0.2, -0.15) is 13.2 Å². The van der Waals surface area contributed by atoms with E-state index in [0.717, 1.165) is 76.2 Å². The van der Waals surface area contributed by atoms with Gasteiger partial charge in [-0.05, 0) is 67.6 Å². The molecule has 2 aromatic carbocycles. The van der Waals surface area contributed by atoms with Crippen molar-refractivity contribution in [1.29, 1.82) is 0 Å². The van der Waals surface area contributed by atoms with Crippen LogP contribution in [0.3, 0.4) is 0 Å². The Morgan fingerprint density at radius 2 is 1.52 bits per heavy atom. The Labute approximate surface area is 193 Å². The third-order valence-electron chi connectivity index (χ3n) is 7.74. The third kappa shape index (κ3) is 4.74. The maximum atomic E-state index is 13.2. The number of para-hydroxylation sites is 1. The van der Waals surface area contributed by atoms with Gasteiger partial charge in [0.05, 0.1) is 5.56 Å². The maximum Gasteiger partial charge on any atom is 0.416 e. The lowest BCUT2D eigenvalue weighted by molar-refractivity contribution is -0.137. The summed E-state index contributed by atoms with van der Waals surface area (Å²) < 4.78 is 38.3. The van der Waals surface area contributed by atoms with Crippen molar-refractivity contribution in [2.75, 3.05) is 44.2 Å². The molecule has 0 bridgehead atoms. The van der Waals surface area contributed by atoms with Crippen molar-refractivity contribution >= 4 is 11.6 Å². The van der Waals surface area contributed by atoms with Crippen LogP contribution in [0.2, 0.25) is 0 Å². The summed E-state index contributed by atoms with van der Waals surface area (Å²) in [5.74, 6) is 0.466. The number of carbonyl (C=O) groups excluding carboxylic acids is 1. The van der Waals surface area contributed by atoms with E-state index in [-0.39, 0.29) is 11.3 Å². The molecule has 2 saturated heterocycles. The summed E-state index contributed by atoms with van der Waals surface area (Å²) in [6.07, 6.45) is -1.32. The molecule has 3 fully saturated rings. The molecular formula is C26H30F3N3O. The summed E-state index contributed by atoms with van der Waals surface area (Å²) in [7, 11) is 0. The lowest BCUT2D eigenvalue weighted by Gasteiger charge is -2.37. The number of benzene rings is 2. The zero-order valence-corrected chi connectivity index (χ0v) is 18.7. The fourth-order valence-corrected chi connectivity index (χ4v) is 5.51. The highest BCUT2D eigenvalue weighted by Crippen LogP contribution is 2.60. The molecule has 1 unspecified atom stereocenters. The summed E-state index contributed by atoms with van der Waals surface area (Å²) >= 11 is 0. The number of amides is 1. The SMILES string of the molecule is O=C(C1CC12CCN(Cc1ccc(C(F)(F)F)cc1)CC2)N1CCN(c2ccccc2)CC1. The van der Waals surface area contributed by atoms with Gasteiger partial charge in [0.15, 0.2) is 0 Å². The number of piperidine rings is 1. The normalized spacial score (nSPS) is 23.1. The van der Waals surface area contributed by atoms with Gasteiger partial charge in [0.2, 0.25) is 5.91 Å². The van der Waals surface area contributed by atoms with Crippen LogP contribution in [0.4, 0.5) is 18.9 Å². The molecule has 5 rings (SSSR count). The second-order valence-corrected chi connectivity index (χ2v) is 9.74. The number of anilines is 1. The molecule has 3 aliphatic rings. The Hall–Kier alpha value is -2.54. The number of hydrogen-bond acceptors (Lipinski definition) is 3. The molecule has 2 aromatic rings. The van der Waals surface area contributed by atoms with Crippen LogP contribution in [0.15, 0.2) is 54.6 Å². The predicted molar refractivity (Wildman–Crippen MR) is 122 cm³/mol. The van der Waals surface area contributed by atoms with Crippen molar-refractivity contribution in [3.05, 3.63) is 65.7 Å². The standard InChI is InChI=1S/C26H30F3N3O/c27-26(28,29)21-8-6-20(7-9-21)19-30-12-10-25(11-13-30)18-23(25)24(33)32-16-14-31(15-17-32)22-4-2-1-3-5-22/h1-9,23H,10-19H2. The second-order valence-electron chi connectivity index (χ2n) is 9.74. The highest BCUT2D eigenvalue weighted by molar-refractivity contribution is 5.83. The van der Waals surface area contributed by atoms with Crippen molar-refractivity contribution in [3.63, 3.8) is 0 Å². The minimum Gasteiger partial charge on any atom is -0.368 e. The molecule has 176 valence electrons. The largest absolute Gasteiger partial charge is 0.416 e. The fraction of sp³-hybridized carbons (Fsp3) is 0.500. The zero-order chi connectivity index (χ0) is 23.1. The van der Waals surface area contributed by atoms with Gasteiger partial charge in [0, 0.05) is 44.3 Å². The Morgan fingerprint density at radius 1 is 0.879 bits per heavy atom. The van der Waals surface area contributed by atoms with E-state index >= 15 is 0 Å². The number of piperazine rings is 1. The summed E-state index contributed by atoms with van der Waals surface area (Å²) in [6, 6.07) is 15.8. The Morgan fingerprint density at radius 3 is 2.12 bits per heavy atom. The third-order valence-corrected chi connectivity index (χ3v) is 7.74. The minimum absolute atomic E-state index is 0.143. The van der Waals surface area contributed by atoms with Crippen molar-refractivity contribution in [2.24, 2.45) is 11.3 Å². The number of nitrogens with zero attached hydrogens (tertiary/aromatic N) is 3. The minimum atomic E-state index is -4.29. The number of carbonyl (C=O) groups is 1. The molecule has 1 amide bonds. The molecule has 1 aliphatic carbocycles. The van der Waals surface area contributed by atoms with Gasteiger partial charge in [-0.1, -0.05) is 30.3 Å². The first kappa shape index (κ1) is 22.3. The number of rotatable bonds is 4. The number of alkyl halides is 3. The number of hydrogen-bond donors (Lipinski definition) is 0. The summed E-state index contributed by atoms with van der Waals surface area (Å²) in [6.45, 7) is 5.75. The molecule has 2 aliphatic heterocycles. The molecule has 1 atom stereocenters. The van der Waals surface area contributed by atoms with Crippen LogP contribution < -0.4 is 4.90 Å². The number of halogens is 3. The van der Waals surface area contributed by atoms with Crippen LogP contribution in [-0.4, -0.2) is 55.0 Å². The summed E-state index contributed by atoms with van der Waals surface area (Å²) in [5, 5.41) is 0. The van der Waals surface area contributed by atoms with Crippen LogP contribution in [0.5, 0.6) is 0 Å².